The number of aryl methyl sites for hydroxylation is 1. The summed E-state index contributed by atoms with van der Waals surface area (Å²) in [5.41, 5.74) is 2.31. The van der Waals surface area contributed by atoms with E-state index < -0.39 is 0 Å². The maximum absolute atomic E-state index is 12.3. The van der Waals surface area contributed by atoms with Gasteiger partial charge in [-0.25, -0.2) is 0 Å². The molecule has 0 aromatic heterocycles. The van der Waals surface area contributed by atoms with Crippen molar-refractivity contribution in [2.75, 3.05) is 11.9 Å². The molecule has 0 fully saturated rings. The van der Waals surface area contributed by atoms with Crippen molar-refractivity contribution >= 4 is 27.5 Å². The number of carbonyl (C=O) groups is 1. The number of hydrogen-bond donors (Lipinski definition) is 1. The fraction of sp³-hybridized carbons (Fsp3) is 0.118. The van der Waals surface area contributed by atoms with Gasteiger partial charge >= 0.3 is 0 Å². The molecule has 0 atom stereocenters. The molecule has 0 saturated heterocycles. The van der Waals surface area contributed by atoms with Crippen LogP contribution in [0, 0.1) is 6.92 Å². The van der Waals surface area contributed by atoms with Gasteiger partial charge in [-0.15, -0.1) is 0 Å². The van der Waals surface area contributed by atoms with Crippen LogP contribution in [-0.2, 0) is 0 Å². The Balaban J connectivity index is 2.19. The summed E-state index contributed by atoms with van der Waals surface area (Å²) in [5, 5.41) is 2.86. The first-order valence-electron chi connectivity index (χ1n) is 6.52. The number of carbonyl (C=O) groups excluding carboxylic acids is 1. The molecule has 2 rings (SSSR count). The van der Waals surface area contributed by atoms with E-state index in [1.807, 2.05) is 31.2 Å². The Morgan fingerprint density at radius 1 is 1.33 bits per heavy atom. The van der Waals surface area contributed by atoms with Crippen LogP contribution in [0.1, 0.15) is 15.9 Å². The van der Waals surface area contributed by atoms with Gasteiger partial charge in [0.25, 0.3) is 5.91 Å². The minimum absolute atomic E-state index is 0.176. The molecular formula is C17H16BrNO2. The van der Waals surface area contributed by atoms with Gasteiger partial charge in [-0.3, -0.25) is 4.79 Å². The maximum atomic E-state index is 12.3. The standard InChI is InChI=1S/C17H16BrNO2/c1-3-10-21-16-7-5-4-6-15(16)19-17(20)13-9-8-12(2)14(18)11-13/h3-9,11H,1,10H2,2H3,(H,19,20). The van der Waals surface area contributed by atoms with Crippen molar-refractivity contribution in [1.29, 1.82) is 0 Å². The molecule has 0 aliphatic carbocycles. The van der Waals surface area contributed by atoms with E-state index in [0.29, 0.717) is 23.6 Å². The highest BCUT2D eigenvalue weighted by molar-refractivity contribution is 9.10. The Morgan fingerprint density at radius 3 is 2.81 bits per heavy atom. The third-order valence-electron chi connectivity index (χ3n) is 2.93. The summed E-state index contributed by atoms with van der Waals surface area (Å²) in [4.78, 5) is 12.3. The lowest BCUT2D eigenvalue weighted by Gasteiger charge is -2.11. The van der Waals surface area contributed by atoms with E-state index in [1.165, 1.54) is 0 Å². The van der Waals surface area contributed by atoms with Crippen molar-refractivity contribution in [3.8, 4) is 5.75 Å². The van der Waals surface area contributed by atoms with Gasteiger partial charge in [0.1, 0.15) is 12.4 Å². The van der Waals surface area contributed by atoms with Gasteiger partial charge in [-0.2, -0.15) is 0 Å². The molecule has 0 radical (unpaired) electrons. The second-order valence-corrected chi connectivity index (χ2v) is 5.37. The average Bonchev–Trinajstić information content (AvgIpc) is 2.49. The molecule has 108 valence electrons. The Bertz CT molecular complexity index is 668. The fourth-order valence-corrected chi connectivity index (χ4v) is 2.15. The summed E-state index contributed by atoms with van der Waals surface area (Å²) in [6.45, 7) is 5.98. The lowest BCUT2D eigenvalue weighted by Crippen LogP contribution is -2.13. The zero-order valence-corrected chi connectivity index (χ0v) is 13.3. The number of amides is 1. The summed E-state index contributed by atoms with van der Waals surface area (Å²) in [5.74, 6) is 0.447. The van der Waals surface area contributed by atoms with Crippen molar-refractivity contribution in [2.45, 2.75) is 6.92 Å². The number of hydrogen-bond acceptors (Lipinski definition) is 2. The van der Waals surface area contributed by atoms with Crippen LogP contribution < -0.4 is 10.1 Å². The predicted molar refractivity (Wildman–Crippen MR) is 89.0 cm³/mol. The monoisotopic (exact) mass is 345 g/mol. The van der Waals surface area contributed by atoms with E-state index in [2.05, 4.69) is 27.8 Å². The van der Waals surface area contributed by atoms with Crippen molar-refractivity contribution < 1.29 is 9.53 Å². The van der Waals surface area contributed by atoms with Crippen molar-refractivity contribution in [2.24, 2.45) is 0 Å². The van der Waals surface area contributed by atoms with Gasteiger partial charge in [-0.1, -0.05) is 46.8 Å². The highest BCUT2D eigenvalue weighted by Crippen LogP contribution is 2.25. The molecule has 0 aliphatic heterocycles. The van der Waals surface area contributed by atoms with Crippen LogP contribution in [-0.4, -0.2) is 12.5 Å². The minimum Gasteiger partial charge on any atom is -0.487 e. The molecule has 0 aliphatic rings. The molecule has 0 heterocycles. The largest absolute Gasteiger partial charge is 0.487 e. The summed E-state index contributed by atoms with van der Waals surface area (Å²) in [7, 11) is 0. The van der Waals surface area contributed by atoms with E-state index in [-0.39, 0.29) is 5.91 Å². The summed E-state index contributed by atoms with van der Waals surface area (Å²) >= 11 is 3.43. The molecule has 0 bridgehead atoms. The fourth-order valence-electron chi connectivity index (χ4n) is 1.77. The highest BCUT2D eigenvalue weighted by atomic mass is 79.9. The second kappa shape index (κ2) is 7.09. The molecule has 2 aromatic rings. The van der Waals surface area contributed by atoms with Crippen LogP contribution in [0.5, 0.6) is 5.75 Å². The number of ether oxygens (including phenoxy) is 1. The number of halogens is 1. The maximum Gasteiger partial charge on any atom is 0.255 e. The first kappa shape index (κ1) is 15.3. The zero-order chi connectivity index (χ0) is 15.2. The molecule has 1 N–H and O–H groups in total. The Morgan fingerprint density at radius 2 is 2.10 bits per heavy atom. The molecule has 0 spiro atoms. The highest BCUT2D eigenvalue weighted by Gasteiger charge is 2.10. The molecular weight excluding hydrogens is 330 g/mol. The van der Waals surface area contributed by atoms with Crippen molar-refractivity contribution in [3.05, 3.63) is 70.7 Å². The molecule has 4 heteroatoms. The quantitative estimate of drug-likeness (QED) is 0.805. The predicted octanol–water partition coefficient (Wildman–Crippen LogP) is 4.57. The normalized spacial score (nSPS) is 10.0. The van der Waals surface area contributed by atoms with Gasteiger partial charge in [0.15, 0.2) is 0 Å². The third kappa shape index (κ3) is 3.95. The van der Waals surface area contributed by atoms with E-state index in [0.717, 1.165) is 10.0 Å². The van der Waals surface area contributed by atoms with Crippen molar-refractivity contribution in [3.63, 3.8) is 0 Å². The zero-order valence-electron chi connectivity index (χ0n) is 11.7. The summed E-state index contributed by atoms with van der Waals surface area (Å²) < 4.78 is 6.43. The number of anilines is 1. The van der Waals surface area contributed by atoms with E-state index in [4.69, 9.17) is 4.74 Å². The van der Waals surface area contributed by atoms with Crippen LogP contribution in [0.3, 0.4) is 0 Å². The number of benzene rings is 2. The first-order chi connectivity index (χ1) is 10.1. The van der Waals surface area contributed by atoms with E-state index >= 15 is 0 Å². The second-order valence-electron chi connectivity index (χ2n) is 4.51. The SMILES string of the molecule is C=CCOc1ccccc1NC(=O)c1ccc(C)c(Br)c1. The van der Waals surface area contributed by atoms with Crippen LogP contribution >= 0.6 is 15.9 Å². The number of para-hydroxylation sites is 2. The summed E-state index contributed by atoms with van der Waals surface area (Å²) in [6, 6.07) is 12.8. The smallest absolute Gasteiger partial charge is 0.255 e. The van der Waals surface area contributed by atoms with E-state index in [1.54, 1.807) is 24.3 Å². The molecule has 0 unspecified atom stereocenters. The topological polar surface area (TPSA) is 38.3 Å². The molecule has 3 nitrogen and oxygen atoms in total. The molecule has 0 saturated carbocycles. The number of nitrogens with one attached hydrogen (secondary N) is 1. The minimum atomic E-state index is -0.176. The lowest BCUT2D eigenvalue weighted by molar-refractivity contribution is 0.102. The van der Waals surface area contributed by atoms with Gasteiger partial charge in [0.05, 0.1) is 5.69 Å². The van der Waals surface area contributed by atoms with Gasteiger partial charge in [0, 0.05) is 10.0 Å². The van der Waals surface area contributed by atoms with Crippen LogP contribution in [0.25, 0.3) is 0 Å². The first-order valence-corrected chi connectivity index (χ1v) is 7.31. The van der Waals surface area contributed by atoms with Crippen LogP contribution in [0.15, 0.2) is 59.6 Å². The third-order valence-corrected chi connectivity index (χ3v) is 3.78. The Hall–Kier alpha value is -2.07. The number of rotatable bonds is 5. The summed E-state index contributed by atoms with van der Waals surface area (Å²) in [6.07, 6.45) is 1.66. The van der Waals surface area contributed by atoms with Gasteiger partial charge in [-0.05, 0) is 36.8 Å². The Kier molecular flexibility index (Phi) is 5.17. The van der Waals surface area contributed by atoms with Crippen molar-refractivity contribution in [1.82, 2.24) is 0 Å². The Labute approximate surface area is 132 Å². The molecule has 1 amide bonds. The van der Waals surface area contributed by atoms with Gasteiger partial charge < -0.3 is 10.1 Å². The van der Waals surface area contributed by atoms with Crippen LogP contribution in [0.4, 0.5) is 5.69 Å². The lowest BCUT2D eigenvalue weighted by atomic mass is 10.1. The van der Waals surface area contributed by atoms with Gasteiger partial charge in [0.2, 0.25) is 0 Å². The van der Waals surface area contributed by atoms with E-state index in [9.17, 15) is 4.79 Å². The molecule has 2 aromatic carbocycles. The average molecular weight is 346 g/mol. The molecule has 21 heavy (non-hydrogen) atoms. The van der Waals surface area contributed by atoms with Crippen LogP contribution in [0.2, 0.25) is 0 Å².